The van der Waals surface area contributed by atoms with E-state index in [0.717, 1.165) is 18.9 Å². The van der Waals surface area contributed by atoms with Crippen molar-refractivity contribution in [1.82, 2.24) is 9.88 Å². The molecule has 1 aliphatic heterocycles. The highest BCUT2D eigenvalue weighted by Gasteiger charge is 2.21. The molecule has 2 heterocycles. The number of para-hydroxylation sites is 2. The smallest absolute Gasteiger partial charge is 0.226 e. The molecule has 0 saturated carbocycles. The third-order valence-corrected chi connectivity index (χ3v) is 4.48. The first-order chi connectivity index (χ1) is 13.2. The van der Waals surface area contributed by atoms with Crippen LogP contribution < -0.4 is 14.4 Å². The van der Waals surface area contributed by atoms with E-state index in [2.05, 4.69) is 16.0 Å². The van der Waals surface area contributed by atoms with E-state index in [1.165, 1.54) is 0 Å². The molecule has 2 aromatic rings. The SMILES string of the molecule is COc1ccccc1OCCC(=O)N1CCN(c2ccc(C#N)cn2)CC1. The van der Waals surface area contributed by atoms with E-state index in [1.54, 1.807) is 19.4 Å². The van der Waals surface area contributed by atoms with Gasteiger partial charge in [0.2, 0.25) is 5.91 Å². The van der Waals surface area contributed by atoms with Crippen LogP contribution in [-0.4, -0.2) is 55.7 Å². The van der Waals surface area contributed by atoms with E-state index in [4.69, 9.17) is 14.7 Å². The van der Waals surface area contributed by atoms with Gasteiger partial charge >= 0.3 is 0 Å². The van der Waals surface area contributed by atoms with Gasteiger partial charge in [0.15, 0.2) is 11.5 Å². The number of benzene rings is 1. The lowest BCUT2D eigenvalue weighted by Crippen LogP contribution is -2.49. The summed E-state index contributed by atoms with van der Waals surface area (Å²) in [5.74, 6) is 2.22. The molecule has 1 aliphatic rings. The van der Waals surface area contributed by atoms with Crippen LogP contribution in [0.5, 0.6) is 11.5 Å². The number of hydrogen-bond donors (Lipinski definition) is 0. The van der Waals surface area contributed by atoms with Crippen molar-refractivity contribution in [3.8, 4) is 17.6 Å². The zero-order chi connectivity index (χ0) is 19.1. The monoisotopic (exact) mass is 366 g/mol. The third kappa shape index (κ3) is 4.67. The molecular weight excluding hydrogens is 344 g/mol. The van der Waals surface area contributed by atoms with Gasteiger partial charge in [-0.15, -0.1) is 0 Å². The number of nitriles is 1. The Balaban J connectivity index is 1.45. The van der Waals surface area contributed by atoms with Crippen LogP contribution in [0.25, 0.3) is 0 Å². The normalized spacial score (nSPS) is 13.8. The van der Waals surface area contributed by atoms with Gasteiger partial charge in [0.1, 0.15) is 11.9 Å². The molecule has 1 aromatic carbocycles. The first-order valence-electron chi connectivity index (χ1n) is 8.86. The summed E-state index contributed by atoms with van der Waals surface area (Å²) in [5, 5.41) is 8.84. The molecule has 0 N–H and O–H groups in total. The Bertz CT molecular complexity index is 809. The highest BCUT2D eigenvalue weighted by atomic mass is 16.5. The molecular formula is C20H22N4O3. The van der Waals surface area contributed by atoms with Gasteiger partial charge in [-0.25, -0.2) is 4.98 Å². The Morgan fingerprint density at radius 1 is 1.15 bits per heavy atom. The van der Waals surface area contributed by atoms with Crippen molar-refractivity contribution < 1.29 is 14.3 Å². The molecule has 1 fully saturated rings. The number of rotatable bonds is 6. The number of piperazine rings is 1. The Morgan fingerprint density at radius 2 is 1.89 bits per heavy atom. The summed E-state index contributed by atoms with van der Waals surface area (Å²) in [6.45, 7) is 3.05. The van der Waals surface area contributed by atoms with Crippen LogP contribution in [-0.2, 0) is 4.79 Å². The van der Waals surface area contributed by atoms with Crippen LogP contribution >= 0.6 is 0 Å². The van der Waals surface area contributed by atoms with E-state index >= 15 is 0 Å². The summed E-state index contributed by atoms with van der Waals surface area (Å²) >= 11 is 0. The van der Waals surface area contributed by atoms with Gasteiger partial charge in [0.25, 0.3) is 0 Å². The number of aromatic nitrogens is 1. The van der Waals surface area contributed by atoms with Crippen molar-refractivity contribution in [2.24, 2.45) is 0 Å². The van der Waals surface area contributed by atoms with Crippen LogP contribution in [0.1, 0.15) is 12.0 Å². The second kappa shape index (κ2) is 8.90. The molecule has 1 aromatic heterocycles. The molecule has 27 heavy (non-hydrogen) atoms. The Labute approximate surface area is 158 Å². The molecule has 0 spiro atoms. The van der Waals surface area contributed by atoms with E-state index in [1.807, 2.05) is 35.2 Å². The van der Waals surface area contributed by atoms with Crippen molar-refractivity contribution in [3.63, 3.8) is 0 Å². The average Bonchev–Trinajstić information content (AvgIpc) is 2.74. The number of ether oxygens (including phenoxy) is 2. The maximum absolute atomic E-state index is 12.4. The lowest BCUT2D eigenvalue weighted by Gasteiger charge is -2.35. The first kappa shape index (κ1) is 18.5. The Kier molecular flexibility index (Phi) is 6.10. The summed E-state index contributed by atoms with van der Waals surface area (Å²) in [6, 6.07) is 13.1. The van der Waals surface area contributed by atoms with E-state index < -0.39 is 0 Å². The summed E-state index contributed by atoms with van der Waals surface area (Å²) in [6.07, 6.45) is 1.90. The molecule has 7 nitrogen and oxygen atoms in total. The summed E-state index contributed by atoms with van der Waals surface area (Å²) in [5.41, 5.74) is 0.544. The number of anilines is 1. The third-order valence-electron chi connectivity index (χ3n) is 4.48. The predicted molar refractivity (Wildman–Crippen MR) is 101 cm³/mol. The highest BCUT2D eigenvalue weighted by molar-refractivity contribution is 5.76. The quantitative estimate of drug-likeness (QED) is 0.779. The van der Waals surface area contributed by atoms with Crippen molar-refractivity contribution in [1.29, 1.82) is 5.26 Å². The maximum atomic E-state index is 12.4. The zero-order valence-corrected chi connectivity index (χ0v) is 15.3. The standard InChI is InChI=1S/C20H22N4O3/c1-26-17-4-2-3-5-18(17)27-13-8-20(25)24-11-9-23(10-12-24)19-7-6-16(14-21)15-22-19/h2-7,15H,8-13H2,1H3. The number of hydrogen-bond acceptors (Lipinski definition) is 6. The predicted octanol–water partition coefficient (Wildman–Crippen LogP) is 2.08. The number of carbonyl (C=O) groups is 1. The molecule has 3 rings (SSSR count). The molecule has 1 saturated heterocycles. The number of pyridine rings is 1. The van der Waals surface area contributed by atoms with Gasteiger partial charge in [-0.05, 0) is 24.3 Å². The number of amides is 1. The van der Waals surface area contributed by atoms with Crippen molar-refractivity contribution in [2.75, 3.05) is 44.8 Å². The van der Waals surface area contributed by atoms with Crippen LogP contribution in [0, 0.1) is 11.3 Å². The zero-order valence-electron chi connectivity index (χ0n) is 15.3. The second-order valence-electron chi connectivity index (χ2n) is 6.13. The summed E-state index contributed by atoms with van der Waals surface area (Å²) in [4.78, 5) is 20.7. The summed E-state index contributed by atoms with van der Waals surface area (Å²) < 4.78 is 10.9. The Morgan fingerprint density at radius 3 is 2.52 bits per heavy atom. The first-order valence-corrected chi connectivity index (χ1v) is 8.86. The van der Waals surface area contributed by atoms with Crippen molar-refractivity contribution in [3.05, 3.63) is 48.2 Å². The second-order valence-corrected chi connectivity index (χ2v) is 6.13. The molecule has 0 unspecified atom stereocenters. The van der Waals surface area contributed by atoms with E-state index in [-0.39, 0.29) is 5.91 Å². The van der Waals surface area contributed by atoms with Crippen molar-refractivity contribution >= 4 is 11.7 Å². The molecule has 0 radical (unpaired) electrons. The molecule has 7 heteroatoms. The van der Waals surface area contributed by atoms with Crippen LogP contribution in [0.3, 0.4) is 0 Å². The average molecular weight is 366 g/mol. The minimum Gasteiger partial charge on any atom is -0.493 e. The lowest BCUT2D eigenvalue weighted by atomic mass is 10.2. The molecule has 0 bridgehead atoms. The Hall–Kier alpha value is -3.27. The van der Waals surface area contributed by atoms with Gasteiger partial charge < -0.3 is 19.3 Å². The van der Waals surface area contributed by atoms with Crippen LogP contribution in [0.15, 0.2) is 42.6 Å². The van der Waals surface area contributed by atoms with Gasteiger partial charge in [-0.3, -0.25) is 4.79 Å². The minimum atomic E-state index is 0.0809. The van der Waals surface area contributed by atoms with E-state index in [9.17, 15) is 4.79 Å². The molecule has 1 amide bonds. The molecule has 0 aliphatic carbocycles. The van der Waals surface area contributed by atoms with Gasteiger partial charge in [-0.1, -0.05) is 12.1 Å². The maximum Gasteiger partial charge on any atom is 0.226 e. The number of methoxy groups -OCH3 is 1. The van der Waals surface area contributed by atoms with Gasteiger partial charge in [0, 0.05) is 32.4 Å². The van der Waals surface area contributed by atoms with Gasteiger partial charge in [-0.2, -0.15) is 5.26 Å². The topological polar surface area (TPSA) is 78.7 Å². The fraction of sp³-hybridized carbons (Fsp3) is 0.350. The lowest BCUT2D eigenvalue weighted by molar-refractivity contribution is -0.132. The van der Waals surface area contributed by atoms with Crippen LogP contribution in [0.4, 0.5) is 5.82 Å². The number of nitrogens with zero attached hydrogens (tertiary/aromatic N) is 4. The number of carbonyl (C=O) groups excluding carboxylic acids is 1. The van der Waals surface area contributed by atoms with Crippen LogP contribution in [0.2, 0.25) is 0 Å². The van der Waals surface area contributed by atoms with Gasteiger partial charge in [0.05, 0.1) is 25.7 Å². The molecule has 140 valence electrons. The fourth-order valence-corrected chi connectivity index (χ4v) is 2.97. The minimum absolute atomic E-state index is 0.0809. The largest absolute Gasteiger partial charge is 0.493 e. The van der Waals surface area contributed by atoms with Crippen molar-refractivity contribution in [2.45, 2.75) is 6.42 Å². The fourth-order valence-electron chi connectivity index (χ4n) is 2.97. The highest BCUT2D eigenvalue weighted by Crippen LogP contribution is 2.25. The molecule has 0 atom stereocenters. The summed E-state index contributed by atoms with van der Waals surface area (Å²) in [7, 11) is 1.59. The van der Waals surface area contributed by atoms with E-state index in [0.29, 0.717) is 43.2 Å².